The van der Waals surface area contributed by atoms with Crippen LogP contribution in [0.4, 0.5) is 4.39 Å². The largest absolute Gasteiger partial charge is 0.508 e. The summed E-state index contributed by atoms with van der Waals surface area (Å²) in [7, 11) is 0. The molecule has 2 aromatic heterocycles. The molecule has 0 spiro atoms. The van der Waals surface area contributed by atoms with Gasteiger partial charge >= 0.3 is 0 Å². The highest BCUT2D eigenvalue weighted by atomic mass is 35.5. The van der Waals surface area contributed by atoms with E-state index in [1.165, 1.54) is 6.07 Å². The maximum absolute atomic E-state index is 13.7. The Labute approximate surface area is 148 Å². The quantitative estimate of drug-likeness (QED) is 0.664. The van der Waals surface area contributed by atoms with Crippen molar-refractivity contribution in [1.82, 2.24) is 15.3 Å². The first kappa shape index (κ1) is 17.0. The zero-order chi connectivity index (χ0) is 18.0. The highest BCUT2D eigenvalue weighted by molar-refractivity contribution is 6.31. The number of nitrogens with one attached hydrogen (secondary N) is 2. The monoisotopic (exact) mass is 359 g/mol. The van der Waals surface area contributed by atoms with E-state index in [1.807, 2.05) is 0 Å². The van der Waals surface area contributed by atoms with Gasteiger partial charge in [0.2, 0.25) is 0 Å². The molecule has 3 N–H and O–H groups in total. The number of nitrogens with zero attached hydrogens (tertiary/aromatic N) is 1. The van der Waals surface area contributed by atoms with Gasteiger partial charge in [0, 0.05) is 17.5 Å². The van der Waals surface area contributed by atoms with Crippen molar-refractivity contribution in [2.75, 3.05) is 0 Å². The number of hydrogen-bond donors (Lipinski definition) is 3. The molecule has 0 bridgehead atoms. The summed E-state index contributed by atoms with van der Waals surface area (Å²) in [5.74, 6) is -1.17. The highest BCUT2D eigenvalue weighted by Gasteiger charge is 2.24. The third-order valence-electron chi connectivity index (χ3n) is 3.71. The van der Waals surface area contributed by atoms with Crippen LogP contribution >= 0.6 is 11.6 Å². The molecule has 7 heteroatoms. The van der Waals surface area contributed by atoms with E-state index >= 15 is 0 Å². The Morgan fingerprint density at radius 1 is 1.32 bits per heavy atom. The van der Waals surface area contributed by atoms with E-state index in [2.05, 4.69) is 15.3 Å². The Bertz CT molecular complexity index is 926. The summed E-state index contributed by atoms with van der Waals surface area (Å²) in [6.07, 6.45) is 1.60. The normalized spacial score (nSPS) is 12.0. The molecule has 3 aromatic rings. The summed E-state index contributed by atoms with van der Waals surface area (Å²) in [5, 5.41) is 13.2. The lowest BCUT2D eigenvalue weighted by molar-refractivity contribution is 0.0937. The second-order valence-corrected chi connectivity index (χ2v) is 5.92. The van der Waals surface area contributed by atoms with E-state index in [-0.39, 0.29) is 17.0 Å². The third-order valence-corrected chi connectivity index (χ3v) is 4.04. The van der Waals surface area contributed by atoms with Crippen LogP contribution in [0.15, 0.2) is 48.7 Å². The third kappa shape index (κ3) is 3.64. The molecule has 3 rings (SSSR count). The summed E-state index contributed by atoms with van der Waals surface area (Å²) < 4.78 is 13.7. The van der Waals surface area contributed by atoms with Crippen LogP contribution in [0.2, 0.25) is 5.02 Å². The molecule has 0 aliphatic heterocycles. The number of pyridine rings is 1. The highest BCUT2D eigenvalue weighted by Crippen LogP contribution is 2.33. The van der Waals surface area contributed by atoms with Gasteiger partial charge in [-0.2, -0.15) is 0 Å². The number of rotatable bonds is 4. The summed E-state index contributed by atoms with van der Waals surface area (Å²) in [6, 6.07) is 9.32. The number of carbonyl (C=O) groups excluding carboxylic acids is 1. The zero-order valence-corrected chi connectivity index (χ0v) is 14.0. The molecule has 0 radical (unpaired) electrons. The predicted molar refractivity (Wildman–Crippen MR) is 92.2 cm³/mol. The number of phenolic OH excluding ortho intramolecular Hbond substituents is 1. The number of aromatic amines is 1. The van der Waals surface area contributed by atoms with Crippen LogP contribution in [0.3, 0.4) is 0 Å². The Kier molecular flexibility index (Phi) is 4.72. The van der Waals surface area contributed by atoms with Crippen molar-refractivity contribution in [2.45, 2.75) is 13.0 Å². The number of carbonyl (C=O) groups is 1. The Balaban J connectivity index is 2.02. The molecule has 0 aliphatic rings. The molecule has 2 heterocycles. The van der Waals surface area contributed by atoms with Crippen LogP contribution in [0.25, 0.3) is 0 Å². The lowest BCUT2D eigenvalue weighted by Gasteiger charge is -2.20. The van der Waals surface area contributed by atoms with Gasteiger partial charge in [-0.25, -0.2) is 9.37 Å². The maximum Gasteiger partial charge on any atom is 0.270 e. The van der Waals surface area contributed by atoms with Gasteiger partial charge in [0.25, 0.3) is 5.91 Å². The van der Waals surface area contributed by atoms with Crippen LogP contribution < -0.4 is 5.32 Å². The van der Waals surface area contributed by atoms with E-state index in [9.17, 15) is 14.3 Å². The van der Waals surface area contributed by atoms with Crippen LogP contribution in [-0.4, -0.2) is 21.0 Å². The number of amides is 1. The standard InChI is InChI=1S/C18H15ClFN3O2/c1-10-3-2-4-14(22-10)18(25)23-16(17-13(19)7-8-21-17)12-9-11(20)5-6-15(12)24/h2-9,16,21,24H,1H3,(H,23,25)/t16-/m1/s1. The minimum Gasteiger partial charge on any atom is -0.508 e. The molecule has 0 saturated heterocycles. The second kappa shape index (κ2) is 6.94. The number of aromatic hydroxyl groups is 1. The predicted octanol–water partition coefficient (Wildman–Crippen LogP) is 3.74. The topological polar surface area (TPSA) is 78.0 Å². The lowest BCUT2D eigenvalue weighted by atomic mass is 10.0. The number of aryl methyl sites for hydroxylation is 1. The van der Waals surface area contributed by atoms with Crippen LogP contribution in [-0.2, 0) is 0 Å². The zero-order valence-electron chi connectivity index (χ0n) is 13.3. The fraction of sp³-hybridized carbons (Fsp3) is 0.111. The Morgan fingerprint density at radius 2 is 2.12 bits per heavy atom. The minimum atomic E-state index is -0.868. The molecule has 0 saturated carbocycles. The molecule has 25 heavy (non-hydrogen) atoms. The van der Waals surface area contributed by atoms with Crippen molar-refractivity contribution in [3.05, 3.63) is 82.1 Å². The summed E-state index contributed by atoms with van der Waals surface area (Å²) in [4.78, 5) is 19.7. The summed E-state index contributed by atoms with van der Waals surface area (Å²) in [6.45, 7) is 1.77. The van der Waals surface area contributed by atoms with Crippen molar-refractivity contribution >= 4 is 17.5 Å². The van der Waals surface area contributed by atoms with E-state index < -0.39 is 17.8 Å². The number of benzene rings is 1. The fourth-order valence-corrected chi connectivity index (χ4v) is 2.75. The van der Waals surface area contributed by atoms with Crippen molar-refractivity contribution in [3.63, 3.8) is 0 Å². The number of aromatic nitrogens is 2. The molecule has 1 amide bonds. The Hall–Kier alpha value is -2.86. The molecule has 0 aliphatic carbocycles. The number of H-pyrrole nitrogens is 1. The van der Waals surface area contributed by atoms with E-state index in [1.54, 1.807) is 37.4 Å². The lowest BCUT2D eigenvalue weighted by Crippen LogP contribution is -2.30. The van der Waals surface area contributed by atoms with E-state index in [4.69, 9.17) is 11.6 Å². The molecule has 1 aromatic carbocycles. The smallest absolute Gasteiger partial charge is 0.270 e. The second-order valence-electron chi connectivity index (χ2n) is 5.51. The fourth-order valence-electron chi connectivity index (χ4n) is 2.52. The van der Waals surface area contributed by atoms with Gasteiger partial charge < -0.3 is 15.4 Å². The Morgan fingerprint density at radius 3 is 2.80 bits per heavy atom. The van der Waals surface area contributed by atoms with Crippen LogP contribution in [0.5, 0.6) is 5.75 Å². The molecule has 0 fully saturated rings. The van der Waals surface area contributed by atoms with Gasteiger partial charge in [-0.3, -0.25) is 4.79 Å². The number of hydrogen-bond acceptors (Lipinski definition) is 3. The first-order valence-corrected chi connectivity index (χ1v) is 7.89. The van der Waals surface area contributed by atoms with Gasteiger partial charge in [-0.15, -0.1) is 0 Å². The number of phenols is 1. The SMILES string of the molecule is Cc1cccc(C(=O)N[C@H](c2cc(F)ccc2O)c2[nH]ccc2Cl)n1. The molecular weight excluding hydrogens is 345 g/mol. The van der Waals surface area contributed by atoms with E-state index in [0.717, 1.165) is 12.1 Å². The van der Waals surface area contributed by atoms with Crippen molar-refractivity contribution < 1.29 is 14.3 Å². The summed E-state index contributed by atoms with van der Waals surface area (Å²) in [5.41, 5.74) is 1.52. The van der Waals surface area contributed by atoms with Gasteiger partial charge in [-0.05, 0) is 43.3 Å². The first-order valence-electron chi connectivity index (χ1n) is 7.51. The maximum atomic E-state index is 13.7. The minimum absolute atomic E-state index is 0.158. The van der Waals surface area contributed by atoms with Gasteiger partial charge in [0.05, 0.1) is 16.8 Å². The van der Waals surface area contributed by atoms with E-state index in [0.29, 0.717) is 16.4 Å². The van der Waals surface area contributed by atoms with Crippen LogP contribution in [0, 0.1) is 12.7 Å². The van der Waals surface area contributed by atoms with Crippen LogP contribution in [0.1, 0.15) is 33.5 Å². The van der Waals surface area contributed by atoms with Gasteiger partial charge in [0.15, 0.2) is 0 Å². The van der Waals surface area contributed by atoms with Crippen molar-refractivity contribution in [3.8, 4) is 5.75 Å². The van der Waals surface area contributed by atoms with Crippen molar-refractivity contribution in [1.29, 1.82) is 0 Å². The van der Waals surface area contributed by atoms with Gasteiger partial charge in [0.1, 0.15) is 17.3 Å². The van der Waals surface area contributed by atoms with Crippen molar-refractivity contribution in [2.24, 2.45) is 0 Å². The first-order chi connectivity index (χ1) is 12.0. The average Bonchev–Trinajstić information content (AvgIpc) is 3.00. The number of halogens is 2. The molecule has 1 atom stereocenters. The molecular formula is C18H15ClFN3O2. The molecule has 5 nitrogen and oxygen atoms in total. The van der Waals surface area contributed by atoms with Gasteiger partial charge in [-0.1, -0.05) is 17.7 Å². The average molecular weight is 360 g/mol. The summed E-state index contributed by atoms with van der Waals surface area (Å²) >= 11 is 6.16. The molecule has 128 valence electrons. The molecule has 0 unspecified atom stereocenters.